The fourth-order valence-corrected chi connectivity index (χ4v) is 2.99. The van der Waals surface area contributed by atoms with Crippen molar-refractivity contribution in [1.82, 2.24) is 9.78 Å². The topological polar surface area (TPSA) is 46.9 Å². The number of hydrogen-bond donors (Lipinski definition) is 1. The summed E-state index contributed by atoms with van der Waals surface area (Å²) in [6.45, 7) is 5.90. The number of carbonyl (C=O) groups excluding carboxylic acids is 1. The highest BCUT2D eigenvalue weighted by Gasteiger charge is 2.17. The summed E-state index contributed by atoms with van der Waals surface area (Å²) in [5.41, 5.74) is 0. The average Bonchev–Trinajstić information content (AvgIpc) is 2.89. The van der Waals surface area contributed by atoms with E-state index >= 15 is 0 Å². The van der Waals surface area contributed by atoms with Crippen molar-refractivity contribution < 1.29 is 4.79 Å². The third-order valence-corrected chi connectivity index (χ3v) is 4.54. The second-order valence-corrected chi connectivity index (χ2v) is 6.72. The molecule has 0 spiro atoms. The maximum Gasteiger partial charge on any atom is 0.238 e. The van der Waals surface area contributed by atoms with Gasteiger partial charge in [0.05, 0.1) is 16.5 Å². The number of amides is 1. The van der Waals surface area contributed by atoms with Crippen LogP contribution in [-0.2, 0) is 4.79 Å². The molecule has 0 fully saturated rings. The molecule has 1 aromatic heterocycles. The van der Waals surface area contributed by atoms with Gasteiger partial charge in [0, 0.05) is 17.0 Å². The van der Waals surface area contributed by atoms with Gasteiger partial charge >= 0.3 is 0 Å². The molecule has 0 aliphatic rings. The van der Waals surface area contributed by atoms with Crippen LogP contribution in [0.15, 0.2) is 41.4 Å². The van der Waals surface area contributed by atoms with Crippen molar-refractivity contribution >= 4 is 35.1 Å². The van der Waals surface area contributed by atoms with Gasteiger partial charge < -0.3 is 5.32 Å². The maximum absolute atomic E-state index is 12.3. The molecule has 0 bridgehead atoms. The molecule has 0 aliphatic carbocycles. The number of thioether (sulfide) groups is 1. The van der Waals surface area contributed by atoms with Crippen LogP contribution in [0.3, 0.4) is 0 Å². The van der Waals surface area contributed by atoms with Gasteiger partial charge in [-0.25, -0.2) is 4.68 Å². The molecule has 1 N–H and O–H groups in total. The van der Waals surface area contributed by atoms with E-state index in [9.17, 15) is 4.79 Å². The minimum atomic E-state index is -0.250. The third-order valence-electron chi connectivity index (χ3n) is 2.92. The molecule has 0 saturated heterocycles. The van der Waals surface area contributed by atoms with E-state index in [1.165, 1.54) is 11.8 Å². The first-order valence-corrected chi connectivity index (χ1v) is 8.00. The van der Waals surface area contributed by atoms with Crippen molar-refractivity contribution in [2.45, 2.75) is 37.0 Å². The Morgan fingerprint density at radius 3 is 2.67 bits per heavy atom. The van der Waals surface area contributed by atoms with Gasteiger partial charge in [-0.05, 0) is 32.9 Å². The van der Waals surface area contributed by atoms with Crippen LogP contribution in [0.1, 0.15) is 26.8 Å². The Bertz CT molecular complexity index is 627. The van der Waals surface area contributed by atoms with Crippen molar-refractivity contribution in [3.05, 3.63) is 41.6 Å². The Labute approximate surface area is 133 Å². The smallest absolute Gasteiger partial charge is 0.238 e. The normalized spacial score (nSPS) is 12.4. The lowest BCUT2D eigenvalue weighted by molar-refractivity contribution is -0.115. The fourth-order valence-electron chi connectivity index (χ4n) is 1.84. The zero-order valence-electron chi connectivity index (χ0n) is 12.2. The molecule has 6 heteroatoms. The SMILES string of the molecule is CC(Sc1ccccc1Cl)C(=O)Nc1ccnn1C(C)C. The van der Waals surface area contributed by atoms with Crippen molar-refractivity contribution in [3.8, 4) is 0 Å². The lowest BCUT2D eigenvalue weighted by Gasteiger charge is -2.15. The summed E-state index contributed by atoms with van der Waals surface area (Å²) in [6.07, 6.45) is 1.68. The third kappa shape index (κ3) is 4.02. The molecule has 2 rings (SSSR count). The summed E-state index contributed by atoms with van der Waals surface area (Å²) in [7, 11) is 0. The van der Waals surface area contributed by atoms with Gasteiger partial charge in [-0.3, -0.25) is 4.79 Å². The molecule has 1 amide bonds. The highest BCUT2D eigenvalue weighted by atomic mass is 35.5. The minimum absolute atomic E-state index is 0.0673. The van der Waals surface area contributed by atoms with Crippen LogP contribution in [0, 0.1) is 0 Å². The summed E-state index contributed by atoms with van der Waals surface area (Å²) in [5.74, 6) is 0.643. The lowest BCUT2D eigenvalue weighted by Crippen LogP contribution is -2.24. The van der Waals surface area contributed by atoms with Gasteiger partial charge in [-0.1, -0.05) is 23.7 Å². The average molecular weight is 324 g/mol. The van der Waals surface area contributed by atoms with E-state index in [0.717, 1.165) is 4.90 Å². The largest absolute Gasteiger partial charge is 0.310 e. The summed E-state index contributed by atoms with van der Waals surface area (Å²) in [6, 6.07) is 9.51. The first kappa shape index (κ1) is 15.9. The lowest BCUT2D eigenvalue weighted by atomic mass is 10.4. The fraction of sp³-hybridized carbons (Fsp3) is 0.333. The quantitative estimate of drug-likeness (QED) is 0.837. The van der Waals surface area contributed by atoms with Crippen LogP contribution in [0.2, 0.25) is 5.02 Å². The van der Waals surface area contributed by atoms with Gasteiger partial charge in [0.25, 0.3) is 0 Å². The van der Waals surface area contributed by atoms with Crippen molar-refractivity contribution in [1.29, 1.82) is 0 Å². The summed E-state index contributed by atoms with van der Waals surface area (Å²) < 4.78 is 1.78. The van der Waals surface area contributed by atoms with Crippen LogP contribution >= 0.6 is 23.4 Å². The number of hydrogen-bond acceptors (Lipinski definition) is 3. The molecule has 0 aliphatic heterocycles. The molecular formula is C15H18ClN3OS. The van der Waals surface area contributed by atoms with Crippen LogP contribution in [-0.4, -0.2) is 20.9 Å². The van der Waals surface area contributed by atoms with E-state index in [0.29, 0.717) is 10.8 Å². The summed E-state index contributed by atoms with van der Waals surface area (Å²) in [5, 5.41) is 7.52. The van der Waals surface area contributed by atoms with Crippen LogP contribution in [0.25, 0.3) is 0 Å². The highest BCUT2D eigenvalue weighted by Crippen LogP contribution is 2.30. The van der Waals surface area contributed by atoms with Crippen LogP contribution in [0.5, 0.6) is 0 Å². The monoisotopic (exact) mass is 323 g/mol. The van der Waals surface area contributed by atoms with Crippen molar-refractivity contribution in [2.75, 3.05) is 5.32 Å². The maximum atomic E-state index is 12.3. The number of anilines is 1. The summed E-state index contributed by atoms with van der Waals surface area (Å²) in [4.78, 5) is 13.2. The molecule has 0 radical (unpaired) electrons. The van der Waals surface area contributed by atoms with E-state index in [-0.39, 0.29) is 17.2 Å². The number of benzene rings is 1. The zero-order chi connectivity index (χ0) is 15.4. The predicted molar refractivity (Wildman–Crippen MR) is 88.0 cm³/mol. The Kier molecular flexibility index (Phi) is 5.31. The predicted octanol–water partition coefficient (Wildman–Crippen LogP) is 4.24. The van der Waals surface area contributed by atoms with E-state index in [1.54, 1.807) is 16.9 Å². The molecule has 21 heavy (non-hydrogen) atoms. The zero-order valence-corrected chi connectivity index (χ0v) is 13.8. The van der Waals surface area contributed by atoms with E-state index in [2.05, 4.69) is 10.4 Å². The van der Waals surface area contributed by atoms with Gasteiger partial charge in [0.15, 0.2) is 0 Å². The highest BCUT2D eigenvalue weighted by molar-refractivity contribution is 8.00. The Morgan fingerprint density at radius 1 is 1.29 bits per heavy atom. The Hall–Kier alpha value is -1.46. The Balaban J connectivity index is 2.03. The molecule has 2 aromatic rings. The molecule has 4 nitrogen and oxygen atoms in total. The van der Waals surface area contributed by atoms with Gasteiger partial charge in [0.1, 0.15) is 5.82 Å². The second kappa shape index (κ2) is 7.00. The van der Waals surface area contributed by atoms with Gasteiger partial charge in [-0.15, -0.1) is 11.8 Å². The van der Waals surface area contributed by atoms with E-state index in [4.69, 9.17) is 11.6 Å². The van der Waals surface area contributed by atoms with E-state index < -0.39 is 0 Å². The van der Waals surface area contributed by atoms with Gasteiger partial charge in [0.2, 0.25) is 5.91 Å². The molecular weight excluding hydrogens is 306 g/mol. The van der Waals surface area contributed by atoms with Crippen LogP contribution < -0.4 is 5.32 Å². The first-order valence-electron chi connectivity index (χ1n) is 6.74. The molecule has 1 unspecified atom stereocenters. The van der Waals surface area contributed by atoms with Crippen molar-refractivity contribution in [3.63, 3.8) is 0 Å². The minimum Gasteiger partial charge on any atom is -0.310 e. The number of aromatic nitrogens is 2. The van der Waals surface area contributed by atoms with Gasteiger partial charge in [-0.2, -0.15) is 5.10 Å². The van der Waals surface area contributed by atoms with Crippen LogP contribution in [0.4, 0.5) is 5.82 Å². The number of carbonyl (C=O) groups is 1. The molecule has 112 valence electrons. The molecule has 1 atom stereocenters. The standard InChI is InChI=1S/C15H18ClN3OS/c1-10(2)19-14(8-9-17-19)18-15(20)11(3)21-13-7-5-4-6-12(13)16/h4-11H,1-3H3,(H,18,20). The molecule has 1 heterocycles. The molecule has 0 saturated carbocycles. The Morgan fingerprint density at radius 2 is 2.00 bits per heavy atom. The number of nitrogens with one attached hydrogen (secondary N) is 1. The number of rotatable bonds is 5. The summed E-state index contributed by atoms with van der Waals surface area (Å²) >= 11 is 7.56. The molecule has 1 aromatic carbocycles. The van der Waals surface area contributed by atoms with Crippen molar-refractivity contribution in [2.24, 2.45) is 0 Å². The number of nitrogens with zero attached hydrogens (tertiary/aromatic N) is 2. The second-order valence-electron chi connectivity index (χ2n) is 4.93. The first-order chi connectivity index (χ1) is 9.99. The number of halogens is 1. The van der Waals surface area contributed by atoms with E-state index in [1.807, 2.05) is 45.0 Å².